The monoisotopic (exact) mass is 270 g/mol. The lowest BCUT2D eigenvalue weighted by atomic mass is 9.88. The zero-order valence-corrected chi connectivity index (χ0v) is 11.3. The molecule has 0 fully saturated rings. The third-order valence-corrected chi connectivity index (χ3v) is 3.68. The zero-order chi connectivity index (χ0) is 13.8. The van der Waals surface area contributed by atoms with E-state index < -0.39 is 0 Å². The molecule has 1 atom stereocenters. The fraction of sp³-hybridized carbons (Fsp3) is 0.312. The van der Waals surface area contributed by atoms with Crippen molar-refractivity contribution >= 4 is 6.03 Å². The first-order chi connectivity index (χ1) is 9.83. The zero-order valence-electron chi connectivity index (χ0n) is 11.3. The van der Waals surface area contributed by atoms with Gasteiger partial charge in [0, 0.05) is 0 Å². The van der Waals surface area contributed by atoms with E-state index in [1.807, 2.05) is 18.2 Å². The molecule has 0 radical (unpaired) electrons. The Balaban J connectivity index is 1.59. The Bertz CT molecular complexity index is 578. The summed E-state index contributed by atoms with van der Waals surface area (Å²) in [5, 5.41) is 5.87. The number of nitrogens with one attached hydrogen (secondary N) is 2. The Morgan fingerprint density at radius 2 is 2.15 bits per heavy atom. The highest BCUT2D eigenvalue weighted by molar-refractivity contribution is 5.74. The summed E-state index contributed by atoms with van der Waals surface area (Å²) in [6.45, 7) is 0.410. The maximum atomic E-state index is 12.0. The molecule has 1 aromatic carbocycles. The maximum Gasteiger partial charge on any atom is 0.315 e. The van der Waals surface area contributed by atoms with Gasteiger partial charge in [0.15, 0.2) is 0 Å². The van der Waals surface area contributed by atoms with Crippen LogP contribution in [0.3, 0.4) is 0 Å². The van der Waals surface area contributed by atoms with E-state index in [2.05, 4.69) is 28.8 Å². The lowest BCUT2D eigenvalue weighted by molar-refractivity contribution is 0.234. The van der Waals surface area contributed by atoms with Gasteiger partial charge >= 0.3 is 6.03 Å². The van der Waals surface area contributed by atoms with Crippen molar-refractivity contribution in [3.8, 4) is 0 Å². The summed E-state index contributed by atoms with van der Waals surface area (Å²) in [6.07, 6.45) is 4.81. The highest BCUT2D eigenvalue weighted by Crippen LogP contribution is 2.29. The number of amides is 2. The van der Waals surface area contributed by atoms with Crippen molar-refractivity contribution in [2.45, 2.75) is 31.8 Å². The van der Waals surface area contributed by atoms with E-state index in [1.54, 1.807) is 6.26 Å². The molecule has 20 heavy (non-hydrogen) atoms. The van der Waals surface area contributed by atoms with E-state index in [0.29, 0.717) is 6.54 Å². The van der Waals surface area contributed by atoms with E-state index in [1.165, 1.54) is 11.1 Å². The van der Waals surface area contributed by atoms with Crippen molar-refractivity contribution in [3.63, 3.8) is 0 Å². The molecule has 4 nitrogen and oxygen atoms in total. The van der Waals surface area contributed by atoms with Gasteiger partial charge in [-0.25, -0.2) is 4.79 Å². The third kappa shape index (κ3) is 2.85. The average Bonchev–Trinajstić information content (AvgIpc) is 2.99. The fourth-order valence-corrected chi connectivity index (χ4v) is 2.69. The van der Waals surface area contributed by atoms with Gasteiger partial charge in [-0.1, -0.05) is 24.3 Å². The summed E-state index contributed by atoms with van der Waals surface area (Å²) in [7, 11) is 0. The average molecular weight is 270 g/mol. The Morgan fingerprint density at radius 3 is 3.00 bits per heavy atom. The highest BCUT2D eigenvalue weighted by atomic mass is 16.3. The van der Waals surface area contributed by atoms with Gasteiger partial charge in [-0.15, -0.1) is 0 Å². The molecule has 0 aliphatic heterocycles. The van der Waals surface area contributed by atoms with Crippen molar-refractivity contribution in [3.05, 3.63) is 59.5 Å². The number of hydrogen-bond donors (Lipinski definition) is 2. The predicted octanol–water partition coefficient (Wildman–Crippen LogP) is 3.16. The van der Waals surface area contributed by atoms with Crippen LogP contribution in [0.15, 0.2) is 47.1 Å². The number of hydrogen-bond acceptors (Lipinski definition) is 2. The van der Waals surface area contributed by atoms with Gasteiger partial charge in [0.25, 0.3) is 0 Å². The van der Waals surface area contributed by atoms with E-state index >= 15 is 0 Å². The Kier molecular flexibility index (Phi) is 3.72. The molecule has 2 N–H and O–H groups in total. The van der Waals surface area contributed by atoms with Crippen molar-refractivity contribution < 1.29 is 9.21 Å². The minimum absolute atomic E-state index is 0.108. The molecule has 3 rings (SSSR count). The van der Waals surface area contributed by atoms with Gasteiger partial charge in [0.2, 0.25) is 0 Å². The van der Waals surface area contributed by atoms with Crippen LogP contribution in [-0.4, -0.2) is 6.03 Å². The quantitative estimate of drug-likeness (QED) is 0.900. The number of carbonyl (C=O) groups is 1. The Hall–Kier alpha value is -2.23. The number of benzene rings is 1. The molecule has 1 unspecified atom stereocenters. The van der Waals surface area contributed by atoms with Crippen LogP contribution in [-0.2, 0) is 13.0 Å². The summed E-state index contributed by atoms with van der Waals surface area (Å²) in [5.74, 6) is 0.754. The normalized spacial score (nSPS) is 17.3. The standard InChI is InChI=1S/C16H18N2O2/c19-16(17-11-13-7-4-10-20-13)18-15-9-3-6-12-5-1-2-8-14(12)15/h1-2,4-5,7-8,10,15H,3,6,9,11H2,(H2,17,18,19). The first kappa shape index (κ1) is 12.8. The fourth-order valence-electron chi connectivity index (χ4n) is 2.69. The molecule has 2 aromatic rings. The Labute approximate surface area is 118 Å². The van der Waals surface area contributed by atoms with Crippen LogP contribution in [0, 0.1) is 0 Å². The number of rotatable bonds is 3. The molecule has 4 heteroatoms. The molecule has 104 valence electrons. The van der Waals surface area contributed by atoms with Gasteiger partial charge in [-0.05, 0) is 42.5 Å². The molecular weight excluding hydrogens is 252 g/mol. The van der Waals surface area contributed by atoms with E-state index in [9.17, 15) is 4.79 Å². The topological polar surface area (TPSA) is 54.3 Å². The van der Waals surface area contributed by atoms with Gasteiger partial charge in [-0.3, -0.25) is 0 Å². The highest BCUT2D eigenvalue weighted by Gasteiger charge is 2.21. The van der Waals surface area contributed by atoms with Crippen LogP contribution < -0.4 is 10.6 Å². The van der Waals surface area contributed by atoms with E-state index in [-0.39, 0.29) is 12.1 Å². The van der Waals surface area contributed by atoms with Crippen molar-refractivity contribution in [1.82, 2.24) is 10.6 Å². The molecule has 1 aliphatic carbocycles. The summed E-state index contributed by atoms with van der Waals surface area (Å²) in [5.41, 5.74) is 2.59. The summed E-state index contributed by atoms with van der Waals surface area (Å²) in [6, 6.07) is 11.9. The molecule has 2 amide bonds. The first-order valence-electron chi connectivity index (χ1n) is 6.97. The van der Waals surface area contributed by atoms with Gasteiger partial charge in [-0.2, -0.15) is 0 Å². The van der Waals surface area contributed by atoms with E-state index in [0.717, 1.165) is 25.0 Å². The lowest BCUT2D eigenvalue weighted by Crippen LogP contribution is -2.38. The third-order valence-electron chi connectivity index (χ3n) is 3.68. The van der Waals surface area contributed by atoms with Crippen LogP contribution in [0.5, 0.6) is 0 Å². The van der Waals surface area contributed by atoms with Crippen molar-refractivity contribution in [2.24, 2.45) is 0 Å². The number of aryl methyl sites for hydroxylation is 1. The van der Waals surface area contributed by atoms with Crippen LogP contribution in [0.25, 0.3) is 0 Å². The van der Waals surface area contributed by atoms with Gasteiger partial charge in [0.1, 0.15) is 5.76 Å². The second-order valence-corrected chi connectivity index (χ2v) is 5.05. The number of furan rings is 1. The molecule has 0 saturated carbocycles. The van der Waals surface area contributed by atoms with E-state index in [4.69, 9.17) is 4.42 Å². The lowest BCUT2D eigenvalue weighted by Gasteiger charge is -2.26. The minimum atomic E-state index is -0.150. The summed E-state index contributed by atoms with van der Waals surface area (Å²) in [4.78, 5) is 12.0. The molecule has 0 bridgehead atoms. The summed E-state index contributed by atoms with van der Waals surface area (Å²) < 4.78 is 5.19. The molecule has 0 saturated heterocycles. The number of carbonyl (C=O) groups excluding carboxylic acids is 1. The summed E-state index contributed by atoms with van der Waals surface area (Å²) >= 11 is 0. The largest absolute Gasteiger partial charge is 0.467 e. The molecule has 1 heterocycles. The number of urea groups is 1. The first-order valence-corrected chi connectivity index (χ1v) is 6.97. The maximum absolute atomic E-state index is 12.0. The van der Waals surface area contributed by atoms with Crippen molar-refractivity contribution in [1.29, 1.82) is 0 Å². The smallest absolute Gasteiger partial charge is 0.315 e. The Morgan fingerprint density at radius 1 is 1.25 bits per heavy atom. The second kappa shape index (κ2) is 5.82. The number of fused-ring (bicyclic) bond motifs is 1. The van der Waals surface area contributed by atoms with Crippen LogP contribution in [0.2, 0.25) is 0 Å². The SMILES string of the molecule is O=C(NCc1ccco1)NC1CCCc2ccccc21. The molecule has 0 spiro atoms. The predicted molar refractivity (Wildman–Crippen MR) is 76.2 cm³/mol. The molecule has 1 aliphatic rings. The second-order valence-electron chi connectivity index (χ2n) is 5.05. The minimum Gasteiger partial charge on any atom is -0.467 e. The van der Waals surface area contributed by atoms with Crippen LogP contribution in [0.4, 0.5) is 4.79 Å². The van der Waals surface area contributed by atoms with Crippen molar-refractivity contribution in [2.75, 3.05) is 0 Å². The van der Waals surface area contributed by atoms with Gasteiger partial charge < -0.3 is 15.1 Å². The van der Waals surface area contributed by atoms with Crippen LogP contribution in [0.1, 0.15) is 35.8 Å². The van der Waals surface area contributed by atoms with Gasteiger partial charge in [0.05, 0.1) is 18.8 Å². The molecule has 1 aromatic heterocycles. The molecular formula is C16H18N2O2. The van der Waals surface area contributed by atoms with Crippen LogP contribution >= 0.6 is 0 Å².